The van der Waals surface area contributed by atoms with Gasteiger partial charge in [0.05, 0.1) is 12.0 Å². The van der Waals surface area contributed by atoms with Gasteiger partial charge in [0.2, 0.25) is 5.91 Å². The van der Waals surface area contributed by atoms with E-state index in [2.05, 4.69) is 11.8 Å². The molecule has 1 amide bonds. The summed E-state index contributed by atoms with van der Waals surface area (Å²) in [5, 5.41) is 0. The molecule has 0 unspecified atom stereocenters. The average molecular weight is 206 g/mol. The van der Waals surface area contributed by atoms with Crippen molar-refractivity contribution in [3.8, 4) is 11.8 Å². The molecular weight excluding hydrogens is 195 g/mol. The summed E-state index contributed by atoms with van der Waals surface area (Å²) in [5.41, 5.74) is 11.8. The standard InChI is InChI=1S/C11H11FN2O/c1-7-5-8(3-2-4-11(14)15)9(12)6-10(7)13/h5-6H,4,13H2,1H3,(H2,14,15). The van der Waals surface area contributed by atoms with Crippen LogP contribution in [0.5, 0.6) is 0 Å². The van der Waals surface area contributed by atoms with Gasteiger partial charge >= 0.3 is 0 Å². The second-order valence-electron chi connectivity index (χ2n) is 3.13. The van der Waals surface area contributed by atoms with Gasteiger partial charge in [-0.25, -0.2) is 4.39 Å². The molecule has 0 radical (unpaired) electrons. The van der Waals surface area contributed by atoms with Crippen molar-refractivity contribution < 1.29 is 9.18 Å². The van der Waals surface area contributed by atoms with E-state index in [4.69, 9.17) is 11.5 Å². The first-order valence-corrected chi connectivity index (χ1v) is 4.33. The summed E-state index contributed by atoms with van der Waals surface area (Å²) in [4.78, 5) is 10.4. The maximum Gasteiger partial charge on any atom is 0.229 e. The highest BCUT2D eigenvalue weighted by Gasteiger charge is 2.02. The smallest absolute Gasteiger partial charge is 0.229 e. The minimum atomic E-state index is -0.532. The number of aryl methyl sites for hydroxylation is 1. The lowest BCUT2D eigenvalue weighted by atomic mass is 10.1. The van der Waals surface area contributed by atoms with Crippen molar-refractivity contribution in [1.82, 2.24) is 0 Å². The van der Waals surface area contributed by atoms with Crippen LogP contribution in [0.3, 0.4) is 0 Å². The van der Waals surface area contributed by atoms with E-state index in [0.717, 1.165) is 5.56 Å². The SMILES string of the molecule is Cc1cc(C#CCC(N)=O)c(F)cc1N. The van der Waals surface area contributed by atoms with Crippen LogP contribution in [0.1, 0.15) is 17.5 Å². The van der Waals surface area contributed by atoms with Gasteiger partial charge in [-0.2, -0.15) is 0 Å². The first kappa shape index (κ1) is 11.1. The van der Waals surface area contributed by atoms with Crippen molar-refractivity contribution in [2.24, 2.45) is 5.73 Å². The molecule has 4 heteroatoms. The Morgan fingerprint density at radius 2 is 2.20 bits per heavy atom. The number of hydrogen-bond donors (Lipinski definition) is 2. The maximum absolute atomic E-state index is 13.3. The van der Waals surface area contributed by atoms with Gasteiger partial charge in [-0.3, -0.25) is 4.79 Å². The number of benzene rings is 1. The number of amides is 1. The molecule has 0 spiro atoms. The van der Waals surface area contributed by atoms with Gasteiger partial charge in [0.15, 0.2) is 0 Å². The van der Waals surface area contributed by atoms with Crippen LogP contribution in [0, 0.1) is 24.6 Å². The highest BCUT2D eigenvalue weighted by atomic mass is 19.1. The number of anilines is 1. The molecule has 0 bridgehead atoms. The van der Waals surface area contributed by atoms with Crippen LogP contribution in [0.15, 0.2) is 12.1 Å². The van der Waals surface area contributed by atoms with E-state index < -0.39 is 11.7 Å². The first-order chi connectivity index (χ1) is 7.00. The molecule has 0 heterocycles. The Morgan fingerprint density at radius 3 is 2.80 bits per heavy atom. The van der Waals surface area contributed by atoms with Crippen LogP contribution in [0.2, 0.25) is 0 Å². The molecule has 1 rings (SSSR count). The third kappa shape index (κ3) is 2.99. The molecule has 0 fully saturated rings. The second-order valence-corrected chi connectivity index (χ2v) is 3.13. The molecule has 4 N–H and O–H groups in total. The fourth-order valence-corrected chi connectivity index (χ4v) is 1.02. The van der Waals surface area contributed by atoms with Crippen molar-refractivity contribution in [3.05, 3.63) is 29.1 Å². The third-order valence-corrected chi connectivity index (χ3v) is 1.84. The number of carbonyl (C=O) groups excluding carboxylic acids is 1. The normalized spacial score (nSPS) is 9.20. The maximum atomic E-state index is 13.3. The molecule has 0 atom stereocenters. The van der Waals surface area contributed by atoms with E-state index in [1.807, 2.05) is 0 Å². The van der Waals surface area contributed by atoms with Gasteiger partial charge in [0.25, 0.3) is 0 Å². The zero-order valence-electron chi connectivity index (χ0n) is 8.30. The fraction of sp³-hybridized carbons (Fsp3) is 0.182. The molecule has 0 aliphatic carbocycles. The molecule has 0 aliphatic rings. The van der Waals surface area contributed by atoms with Crippen LogP contribution in [0.25, 0.3) is 0 Å². The van der Waals surface area contributed by atoms with E-state index in [-0.39, 0.29) is 12.0 Å². The van der Waals surface area contributed by atoms with Gasteiger partial charge in [0.1, 0.15) is 5.82 Å². The van der Waals surface area contributed by atoms with Crippen molar-refractivity contribution in [2.75, 3.05) is 5.73 Å². The van der Waals surface area contributed by atoms with E-state index in [0.29, 0.717) is 5.69 Å². The second kappa shape index (κ2) is 4.47. The number of nitrogens with two attached hydrogens (primary N) is 2. The van der Waals surface area contributed by atoms with Gasteiger partial charge in [-0.05, 0) is 24.6 Å². The van der Waals surface area contributed by atoms with Crippen LogP contribution in [0.4, 0.5) is 10.1 Å². The van der Waals surface area contributed by atoms with Gasteiger partial charge < -0.3 is 11.5 Å². The van der Waals surface area contributed by atoms with Crippen molar-refractivity contribution in [2.45, 2.75) is 13.3 Å². The number of carbonyl (C=O) groups is 1. The Labute approximate surface area is 87.3 Å². The summed E-state index contributed by atoms with van der Waals surface area (Å²) >= 11 is 0. The van der Waals surface area contributed by atoms with Gasteiger partial charge in [0, 0.05) is 5.69 Å². The number of primary amides is 1. The zero-order chi connectivity index (χ0) is 11.4. The van der Waals surface area contributed by atoms with Crippen LogP contribution >= 0.6 is 0 Å². The number of nitrogen functional groups attached to an aromatic ring is 1. The zero-order valence-corrected chi connectivity index (χ0v) is 8.30. The molecule has 3 nitrogen and oxygen atoms in total. The summed E-state index contributed by atoms with van der Waals surface area (Å²) in [7, 11) is 0. The van der Waals surface area contributed by atoms with E-state index in [1.54, 1.807) is 13.0 Å². The van der Waals surface area contributed by atoms with Crippen LogP contribution < -0.4 is 11.5 Å². The van der Waals surface area contributed by atoms with Gasteiger partial charge in [-0.15, -0.1) is 0 Å². The summed E-state index contributed by atoms with van der Waals surface area (Å²) < 4.78 is 13.3. The summed E-state index contributed by atoms with van der Waals surface area (Å²) in [6.07, 6.45) is -0.0805. The molecule has 78 valence electrons. The molecule has 0 saturated carbocycles. The first-order valence-electron chi connectivity index (χ1n) is 4.33. The van der Waals surface area contributed by atoms with Crippen molar-refractivity contribution in [3.63, 3.8) is 0 Å². The summed E-state index contributed by atoms with van der Waals surface area (Å²) in [5.74, 6) is 3.99. The van der Waals surface area contributed by atoms with Crippen LogP contribution in [-0.2, 0) is 4.79 Å². The predicted octanol–water partition coefficient (Wildman–Crippen LogP) is 0.943. The highest BCUT2D eigenvalue weighted by Crippen LogP contribution is 2.16. The Bertz CT molecular complexity index is 458. The van der Waals surface area contributed by atoms with Gasteiger partial charge in [-0.1, -0.05) is 11.8 Å². The molecule has 0 saturated heterocycles. The lowest BCUT2D eigenvalue weighted by molar-refractivity contribution is -0.117. The Kier molecular flexibility index (Phi) is 3.29. The van der Waals surface area contributed by atoms with Crippen molar-refractivity contribution >= 4 is 11.6 Å². The predicted molar refractivity (Wildman–Crippen MR) is 56.2 cm³/mol. The fourth-order valence-electron chi connectivity index (χ4n) is 1.02. The summed E-state index contributed by atoms with van der Waals surface area (Å²) in [6, 6.07) is 2.75. The van der Waals surface area contributed by atoms with E-state index in [1.165, 1.54) is 6.07 Å². The molecule has 0 aliphatic heterocycles. The van der Waals surface area contributed by atoms with E-state index in [9.17, 15) is 9.18 Å². The average Bonchev–Trinajstić information content (AvgIpc) is 2.13. The topological polar surface area (TPSA) is 69.1 Å². The molecule has 1 aromatic rings. The Balaban J connectivity index is 2.98. The molecule has 15 heavy (non-hydrogen) atoms. The third-order valence-electron chi connectivity index (χ3n) is 1.84. The van der Waals surface area contributed by atoms with Crippen molar-refractivity contribution in [1.29, 1.82) is 0 Å². The molecular formula is C11H11FN2O. The monoisotopic (exact) mass is 206 g/mol. The Morgan fingerprint density at radius 1 is 1.53 bits per heavy atom. The number of rotatable bonds is 1. The Hall–Kier alpha value is -2.02. The number of halogens is 1. The minimum Gasteiger partial charge on any atom is -0.398 e. The molecule has 1 aromatic carbocycles. The summed E-state index contributed by atoms with van der Waals surface area (Å²) in [6.45, 7) is 1.76. The quantitative estimate of drug-likeness (QED) is 0.530. The number of hydrogen-bond acceptors (Lipinski definition) is 2. The molecule has 0 aromatic heterocycles. The minimum absolute atomic E-state index is 0.0805. The van der Waals surface area contributed by atoms with E-state index >= 15 is 0 Å². The lowest BCUT2D eigenvalue weighted by Gasteiger charge is -2.01. The highest BCUT2D eigenvalue weighted by molar-refractivity contribution is 5.76. The largest absolute Gasteiger partial charge is 0.398 e. The van der Waals surface area contributed by atoms with Crippen LogP contribution in [-0.4, -0.2) is 5.91 Å². The lowest BCUT2D eigenvalue weighted by Crippen LogP contribution is -2.08.